The fraction of sp³-hybridized carbons (Fsp3) is 0.316. The first-order valence-corrected chi connectivity index (χ1v) is 9.87. The summed E-state index contributed by atoms with van der Waals surface area (Å²) in [6.45, 7) is 4.53. The Bertz CT molecular complexity index is 879. The normalized spacial score (nSPS) is 11.2. The van der Waals surface area contributed by atoms with Crippen LogP contribution in [0.3, 0.4) is 0 Å². The van der Waals surface area contributed by atoms with Crippen molar-refractivity contribution in [3.63, 3.8) is 0 Å². The largest absolute Gasteiger partial charge is 0.495 e. The van der Waals surface area contributed by atoms with E-state index in [1.165, 1.54) is 19.2 Å². The lowest BCUT2D eigenvalue weighted by atomic mass is 10.1. The van der Waals surface area contributed by atoms with Gasteiger partial charge in [-0.15, -0.1) is 0 Å². The van der Waals surface area contributed by atoms with Crippen molar-refractivity contribution >= 4 is 15.9 Å². The van der Waals surface area contributed by atoms with E-state index in [0.717, 1.165) is 11.1 Å². The van der Waals surface area contributed by atoms with Crippen molar-refractivity contribution in [1.29, 1.82) is 0 Å². The second-order valence-electron chi connectivity index (χ2n) is 5.94. The number of aryl methyl sites for hydroxylation is 1. The average molecular weight is 376 g/mol. The van der Waals surface area contributed by atoms with Crippen LogP contribution in [-0.2, 0) is 16.6 Å². The summed E-state index contributed by atoms with van der Waals surface area (Å²) in [6.07, 6.45) is 0.665. The zero-order valence-electron chi connectivity index (χ0n) is 15.2. The smallest absolute Gasteiger partial charge is 0.251 e. The van der Waals surface area contributed by atoms with E-state index >= 15 is 0 Å². The van der Waals surface area contributed by atoms with Gasteiger partial charge < -0.3 is 10.1 Å². The highest BCUT2D eigenvalue weighted by molar-refractivity contribution is 7.89. The van der Waals surface area contributed by atoms with Crippen LogP contribution in [0.25, 0.3) is 0 Å². The summed E-state index contributed by atoms with van der Waals surface area (Å²) < 4.78 is 32.5. The predicted molar refractivity (Wildman–Crippen MR) is 101 cm³/mol. The van der Waals surface area contributed by atoms with Crippen LogP contribution >= 0.6 is 0 Å². The molecule has 1 amide bonds. The van der Waals surface area contributed by atoms with E-state index in [1.54, 1.807) is 6.07 Å². The molecular formula is C19H24N2O4S. The van der Waals surface area contributed by atoms with E-state index in [9.17, 15) is 13.2 Å². The summed E-state index contributed by atoms with van der Waals surface area (Å²) in [6, 6.07) is 12.2. The summed E-state index contributed by atoms with van der Waals surface area (Å²) in [5.74, 6) is -0.148. The number of sulfonamides is 1. The molecule has 6 nitrogen and oxygen atoms in total. The van der Waals surface area contributed by atoms with Gasteiger partial charge in [-0.05, 0) is 37.1 Å². The molecule has 0 saturated heterocycles. The quantitative estimate of drug-likeness (QED) is 0.742. The van der Waals surface area contributed by atoms with Crippen LogP contribution in [0.15, 0.2) is 47.4 Å². The zero-order valence-corrected chi connectivity index (χ0v) is 16.0. The molecule has 2 N–H and O–H groups in total. The molecule has 0 aliphatic rings. The number of nitrogens with one attached hydrogen (secondary N) is 2. The molecule has 26 heavy (non-hydrogen) atoms. The highest BCUT2D eigenvalue weighted by atomic mass is 32.2. The highest BCUT2D eigenvalue weighted by Gasteiger charge is 2.21. The first-order chi connectivity index (χ1) is 12.4. The lowest BCUT2D eigenvalue weighted by Gasteiger charge is -2.12. The number of methoxy groups -OCH3 is 1. The average Bonchev–Trinajstić information content (AvgIpc) is 2.64. The molecule has 0 spiro atoms. The Morgan fingerprint density at radius 1 is 1.15 bits per heavy atom. The van der Waals surface area contributed by atoms with Gasteiger partial charge in [0.1, 0.15) is 10.6 Å². The van der Waals surface area contributed by atoms with E-state index < -0.39 is 10.0 Å². The molecule has 0 bridgehead atoms. The molecule has 2 aromatic carbocycles. The van der Waals surface area contributed by atoms with E-state index in [1.807, 2.05) is 38.1 Å². The monoisotopic (exact) mass is 376 g/mol. The lowest BCUT2D eigenvalue weighted by molar-refractivity contribution is 0.0950. The van der Waals surface area contributed by atoms with Crippen LogP contribution in [0.5, 0.6) is 5.75 Å². The number of hydrogen-bond donors (Lipinski definition) is 2. The number of rotatable bonds is 8. The Kier molecular flexibility index (Phi) is 6.76. The number of benzene rings is 2. The number of carbonyl (C=O) groups excluding carboxylic acids is 1. The van der Waals surface area contributed by atoms with Crippen LogP contribution in [0.2, 0.25) is 0 Å². The summed E-state index contributed by atoms with van der Waals surface area (Å²) >= 11 is 0. The summed E-state index contributed by atoms with van der Waals surface area (Å²) in [7, 11) is -2.35. The maximum absolute atomic E-state index is 12.4. The maximum atomic E-state index is 12.4. The fourth-order valence-electron chi connectivity index (χ4n) is 2.45. The predicted octanol–water partition coefficient (Wildman–Crippen LogP) is 2.62. The molecule has 0 aromatic heterocycles. The van der Waals surface area contributed by atoms with Crippen molar-refractivity contribution < 1.29 is 17.9 Å². The Morgan fingerprint density at radius 2 is 1.92 bits per heavy atom. The van der Waals surface area contributed by atoms with Gasteiger partial charge in [-0.3, -0.25) is 4.79 Å². The molecule has 7 heteroatoms. The summed E-state index contributed by atoms with van der Waals surface area (Å²) in [4.78, 5) is 12.4. The van der Waals surface area contributed by atoms with E-state index in [-0.39, 0.29) is 22.1 Å². The maximum Gasteiger partial charge on any atom is 0.251 e. The van der Waals surface area contributed by atoms with E-state index in [2.05, 4.69) is 10.0 Å². The van der Waals surface area contributed by atoms with E-state index in [4.69, 9.17) is 4.74 Å². The van der Waals surface area contributed by atoms with E-state index in [0.29, 0.717) is 19.5 Å². The van der Waals surface area contributed by atoms with Crippen molar-refractivity contribution in [2.45, 2.75) is 31.7 Å². The minimum atomic E-state index is -3.75. The second kappa shape index (κ2) is 8.82. The highest BCUT2D eigenvalue weighted by Crippen LogP contribution is 2.25. The van der Waals surface area contributed by atoms with Gasteiger partial charge >= 0.3 is 0 Å². The van der Waals surface area contributed by atoms with Gasteiger partial charge in [0, 0.05) is 18.7 Å². The number of amides is 1. The molecule has 2 rings (SSSR count). The minimum absolute atomic E-state index is 0.0448. The molecule has 0 aliphatic carbocycles. The van der Waals surface area contributed by atoms with Crippen LogP contribution in [0.1, 0.15) is 34.8 Å². The van der Waals surface area contributed by atoms with Crippen molar-refractivity contribution in [3.8, 4) is 5.75 Å². The molecule has 0 fully saturated rings. The number of carbonyl (C=O) groups is 1. The topological polar surface area (TPSA) is 84.5 Å². The van der Waals surface area contributed by atoms with Gasteiger partial charge in [-0.1, -0.05) is 36.8 Å². The van der Waals surface area contributed by atoms with Crippen molar-refractivity contribution in [2.75, 3.05) is 13.7 Å². The third kappa shape index (κ3) is 5.06. The third-order valence-electron chi connectivity index (χ3n) is 3.79. The number of hydrogen-bond acceptors (Lipinski definition) is 4. The molecule has 140 valence electrons. The Hall–Kier alpha value is -2.38. The van der Waals surface area contributed by atoms with Gasteiger partial charge in [0.05, 0.1) is 7.11 Å². The van der Waals surface area contributed by atoms with Gasteiger partial charge in [-0.25, -0.2) is 13.1 Å². The van der Waals surface area contributed by atoms with Crippen molar-refractivity contribution in [2.24, 2.45) is 0 Å². The van der Waals surface area contributed by atoms with Crippen LogP contribution in [0.4, 0.5) is 0 Å². The second-order valence-corrected chi connectivity index (χ2v) is 7.67. The Labute approximate surface area is 154 Å². The molecule has 0 heterocycles. The third-order valence-corrected chi connectivity index (χ3v) is 5.28. The van der Waals surface area contributed by atoms with Crippen LogP contribution < -0.4 is 14.8 Å². The number of ether oxygens (including phenoxy) is 1. The summed E-state index contributed by atoms with van der Waals surface area (Å²) in [5, 5.41) is 2.81. The SMILES string of the molecule is CCCNS(=O)(=O)c1cc(C(=O)NCc2cccc(C)c2)ccc1OC. The molecule has 2 aromatic rings. The Morgan fingerprint density at radius 3 is 2.58 bits per heavy atom. The van der Waals surface area contributed by atoms with Gasteiger partial charge in [0.15, 0.2) is 0 Å². The first kappa shape index (κ1) is 19.9. The first-order valence-electron chi connectivity index (χ1n) is 8.39. The molecule has 0 aliphatic heterocycles. The fourth-order valence-corrected chi connectivity index (χ4v) is 3.78. The molecule has 0 atom stereocenters. The molecule has 0 unspecified atom stereocenters. The van der Waals surface area contributed by atoms with Gasteiger partial charge in [0.2, 0.25) is 10.0 Å². The zero-order chi connectivity index (χ0) is 19.2. The van der Waals surface area contributed by atoms with Crippen molar-refractivity contribution in [1.82, 2.24) is 10.0 Å². The van der Waals surface area contributed by atoms with Crippen molar-refractivity contribution in [3.05, 3.63) is 59.2 Å². The minimum Gasteiger partial charge on any atom is -0.495 e. The van der Waals surface area contributed by atoms with Crippen LogP contribution in [-0.4, -0.2) is 28.0 Å². The van der Waals surface area contributed by atoms with Gasteiger partial charge in [0.25, 0.3) is 5.91 Å². The Balaban J connectivity index is 2.21. The summed E-state index contributed by atoms with van der Waals surface area (Å²) in [5.41, 5.74) is 2.34. The molecule has 0 saturated carbocycles. The molecular weight excluding hydrogens is 352 g/mol. The van der Waals surface area contributed by atoms with Gasteiger partial charge in [-0.2, -0.15) is 0 Å². The van der Waals surface area contributed by atoms with Crippen LogP contribution in [0, 0.1) is 6.92 Å². The molecule has 0 radical (unpaired) electrons. The lowest BCUT2D eigenvalue weighted by Crippen LogP contribution is -2.26. The standard InChI is InChI=1S/C19H24N2O4S/c1-4-10-21-26(23,24)18-12-16(8-9-17(18)25-3)19(22)20-13-15-7-5-6-14(2)11-15/h5-9,11-12,21H,4,10,13H2,1-3H3,(H,20,22).